The van der Waals surface area contributed by atoms with Gasteiger partial charge in [0.15, 0.2) is 6.10 Å². The first-order chi connectivity index (χ1) is 7.06. The summed E-state index contributed by atoms with van der Waals surface area (Å²) in [5, 5.41) is 9.54. The van der Waals surface area contributed by atoms with Crippen molar-refractivity contribution in [1.82, 2.24) is 0 Å². The third-order valence-electron chi connectivity index (χ3n) is 2.34. The van der Waals surface area contributed by atoms with Gasteiger partial charge in [-0.2, -0.15) is 0 Å². The van der Waals surface area contributed by atoms with Crippen LogP contribution in [-0.2, 0) is 9.53 Å². The van der Waals surface area contributed by atoms with Crippen molar-refractivity contribution in [3.8, 4) is 0 Å². The molecule has 1 aromatic carbocycles. The number of methoxy groups -OCH3 is 1. The summed E-state index contributed by atoms with van der Waals surface area (Å²) < 4.78 is 4.46. The number of aliphatic hydroxyl groups is 1. The van der Waals surface area contributed by atoms with Gasteiger partial charge in [0, 0.05) is 0 Å². The predicted octanol–water partition coefficient (Wildman–Crippen LogP) is 2.02. The van der Waals surface area contributed by atoms with Gasteiger partial charge in [-0.3, -0.25) is 0 Å². The Kier molecular flexibility index (Phi) is 3.86. The maximum absolute atomic E-state index is 11.1. The van der Waals surface area contributed by atoms with Crippen molar-refractivity contribution < 1.29 is 14.6 Å². The van der Waals surface area contributed by atoms with E-state index in [0.717, 1.165) is 0 Å². The number of esters is 1. The summed E-state index contributed by atoms with van der Waals surface area (Å²) >= 11 is 0. The molecule has 3 nitrogen and oxygen atoms in total. The molecule has 3 heteroatoms. The molecule has 0 heterocycles. The summed E-state index contributed by atoms with van der Waals surface area (Å²) in [6, 6.07) is 7.31. The predicted molar refractivity (Wildman–Crippen MR) is 57.5 cm³/mol. The van der Waals surface area contributed by atoms with Gasteiger partial charge in [-0.15, -0.1) is 0 Å². The summed E-state index contributed by atoms with van der Waals surface area (Å²) in [5.74, 6) is -0.193. The normalized spacial score (nSPS) is 12.6. The van der Waals surface area contributed by atoms with Crippen LogP contribution in [0.25, 0.3) is 0 Å². The molecule has 0 aliphatic heterocycles. The zero-order valence-electron chi connectivity index (χ0n) is 9.23. The molecule has 15 heavy (non-hydrogen) atoms. The molecule has 0 unspecified atom stereocenters. The van der Waals surface area contributed by atoms with Crippen LogP contribution in [0.5, 0.6) is 0 Å². The average Bonchev–Trinajstić information content (AvgIpc) is 2.27. The number of hydrogen-bond donors (Lipinski definition) is 1. The zero-order chi connectivity index (χ0) is 11.4. The molecule has 0 aliphatic carbocycles. The second kappa shape index (κ2) is 4.94. The molecule has 0 aromatic heterocycles. The third-order valence-corrected chi connectivity index (χ3v) is 2.34. The molecule has 1 atom stereocenters. The molecule has 0 saturated carbocycles. The first kappa shape index (κ1) is 11.7. The monoisotopic (exact) mass is 208 g/mol. The molecular formula is C12H16O3. The number of benzene rings is 1. The summed E-state index contributed by atoms with van der Waals surface area (Å²) in [6.45, 7) is 4.18. The Labute approximate surface area is 89.7 Å². The lowest BCUT2D eigenvalue weighted by atomic mass is 10.00. The van der Waals surface area contributed by atoms with E-state index in [4.69, 9.17) is 0 Å². The van der Waals surface area contributed by atoms with Gasteiger partial charge in [-0.25, -0.2) is 4.79 Å². The molecule has 1 N–H and O–H groups in total. The van der Waals surface area contributed by atoms with E-state index in [1.54, 1.807) is 12.1 Å². The lowest BCUT2D eigenvalue weighted by molar-refractivity contribution is -0.150. The zero-order valence-corrected chi connectivity index (χ0v) is 9.23. The number of aliphatic hydroxyl groups excluding tert-OH is 1. The number of carbonyl (C=O) groups excluding carboxylic acids is 1. The topological polar surface area (TPSA) is 46.5 Å². The number of rotatable bonds is 3. The Balaban J connectivity index is 2.84. The lowest BCUT2D eigenvalue weighted by Crippen LogP contribution is -2.13. The third kappa shape index (κ3) is 2.80. The van der Waals surface area contributed by atoms with Crippen LogP contribution >= 0.6 is 0 Å². The quantitative estimate of drug-likeness (QED) is 0.773. The lowest BCUT2D eigenvalue weighted by Gasteiger charge is -2.10. The fraction of sp³-hybridized carbons (Fsp3) is 0.417. The van der Waals surface area contributed by atoms with E-state index in [0.29, 0.717) is 11.5 Å². The van der Waals surface area contributed by atoms with Crippen molar-refractivity contribution >= 4 is 5.97 Å². The minimum absolute atomic E-state index is 0.439. The van der Waals surface area contributed by atoms with Crippen LogP contribution in [0.2, 0.25) is 0 Å². The first-order valence-corrected chi connectivity index (χ1v) is 4.92. The molecule has 0 bridgehead atoms. The minimum Gasteiger partial charge on any atom is -0.467 e. The van der Waals surface area contributed by atoms with Gasteiger partial charge < -0.3 is 9.84 Å². The van der Waals surface area contributed by atoms with Crippen molar-refractivity contribution in [2.45, 2.75) is 25.9 Å². The second-order valence-corrected chi connectivity index (χ2v) is 3.75. The van der Waals surface area contributed by atoms with Gasteiger partial charge in [0.2, 0.25) is 0 Å². The fourth-order valence-corrected chi connectivity index (χ4v) is 1.31. The largest absolute Gasteiger partial charge is 0.467 e. The number of carbonyl (C=O) groups is 1. The average molecular weight is 208 g/mol. The van der Waals surface area contributed by atoms with Gasteiger partial charge in [-0.1, -0.05) is 38.1 Å². The van der Waals surface area contributed by atoms with Crippen LogP contribution in [-0.4, -0.2) is 18.2 Å². The first-order valence-electron chi connectivity index (χ1n) is 4.92. The van der Waals surface area contributed by atoms with Crippen molar-refractivity contribution in [3.63, 3.8) is 0 Å². The summed E-state index contributed by atoms with van der Waals surface area (Å²) in [7, 11) is 1.26. The number of hydrogen-bond acceptors (Lipinski definition) is 3. The van der Waals surface area contributed by atoms with Crippen LogP contribution < -0.4 is 0 Å². The van der Waals surface area contributed by atoms with Crippen LogP contribution in [0.3, 0.4) is 0 Å². The molecule has 1 aromatic rings. The number of ether oxygens (including phenoxy) is 1. The molecule has 82 valence electrons. The Morgan fingerprint density at radius 1 is 1.20 bits per heavy atom. The smallest absolute Gasteiger partial charge is 0.339 e. The van der Waals surface area contributed by atoms with Crippen LogP contribution in [0.15, 0.2) is 24.3 Å². The van der Waals surface area contributed by atoms with Crippen molar-refractivity contribution in [3.05, 3.63) is 35.4 Å². The Morgan fingerprint density at radius 2 is 1.67 bits per heavy atom. The molecule has 0 radical (unpaired) electrons. The van der Waals surface area contributed by atoms with Gasteiger partial charge >= 0.3 is 5.97 Å². The van der Waals surface area contributed by atoms with Crippen molar-refractivity contribution in [2.75, 3.05) is 7.11 Å². The van der Waals surface area contributed by atoms with Crippen molar-refractivity contribution in [2.24, 2.45) is 0 Å². The Hall–Kier alpha value is -1.35. The van der Waals surface area contributed by atoms with E-state index in [-0.39, 0.29) is 0 Å². The highest BCUT2D eigenvalue weighted by Gasteiger charge is 2.17. The SMILES string of the molecule is COC(=O)[C@H](O)c1ccc(C(C)C)cc1. The molecule has 0 saturated heterocycles. The van der Waals surface area contributed by atoms with Gasteiger partial charge in [-0.05, 0) is 17.0 Å². The standard InChI is InChI=1S/C12H16O3/c1-8(2)9-4-6-10(7-5-9)11(13)12(14)15-3/h4-8,11,13H,1-3H3/t11-/m1/s1. The Bertz CT molecular complexity index is 327. The van der Waals surface area contributed by atoms with Crippen molar-refractivity contribution in [1.29, 1.82) is 0 Å². The molecular weight excluding hydrogens is 192 g/mol. The molecule has 0 amide bonds. The summed E-state index contributed by atoms with van der Waals surface area (Å²) in [6.07, 6.45) is -1.18. The fourth-order valence-electron chi connectivity index (χ4n) is 1.31. The maximum atomic E-state index is 11.1. The van der Waals surface area contributed by atoms with E-state index in [1.807, 2.05) is 12.1 Å². The van der Waals surface area contributed by atoms with E-state index >= 15 is 0 Å². The highest BCUT2D eigenvalue weighted by molar-refractivity contribution is 5.76. The van der Waals surface area contributed by atoms with Crippen LogP contribution in [0.1, 0.15) is 37.0 Å². The van der Waals surface area contributed by atoms with E-state index in [1.165, 1.54) is 12.7 Å². The van der Waals surface area contributed by atoms with Gasteiger partial charge in [0.1, 0.15) is 0 Å². The van der Waals surface area contributed by atoms with Crippen LogP contribution in [0, 0.1) is 0 Å². The van der Waals surface area contributed by atoms with Crippen LogP contribution in [0.4, 0.5) is 0 Å². The van der Waals surface area contributed by atoms with Gasteiger partial charge in [0.25, 0.3) is 0 Å². The van der Waals surface area contributed by atoms with E-state index < -0.39 is 12.1 Å². The highest BCUT2D eigenvalue weighted by Crippen LogP contribution is 2.19. The van der Waals surface area contributed by atoms with E-state index in [2.05, 4.69) is 18.6 Å². The summed E-state index contributed by atoms with van der Waals surface area (Å²) in [4.78, 5) is 11.1. The molecule has 1 rings (SSSR count). The minimum atomic E-state index is -1.18. The summed E-state index contributed by atoms with van der Waals surface area (Å²) in [5.41, 5.74) is 1.74. The highest BCUT2D eigenvalue weighted by atomic mass is 16.5. The van der Waals surface area contributed by atoms with E-state index in [9.17, 15) is 9.90 Å². The maximum Gasteiger partial charge on any atom is 0.339 e. The molecule has 0 aliphatic rings. The molecule has 0 fully saturated rings. The molecule has 0 spiro atoms. The van der Waals surface area contributed by atoms with Gasteiger partial charge in [0.05, 0.1) is 7.11 Å². The second-order valence-electron chi connectivity index (χ2n) is 3.75. The Morgan fingerprint density at radius 3 is 2.07 bits per heavy atom.